The van der Waals surface area contributed by atoms with Crippen LogP contribution in [-0.4, -0.2) is 41.4 Å². The smallest absolute Gasteiger partial charge is 0.268 e. The highest BCUT2D eigenvalue weighted by molar-refractivity contribution is 5.98. The van der Waals surface area contributed by atoms with Crippen LogP contribution in [0, 0.1) is 17.3 Å². The van der Waals surface area contributed by atoms with E-state index in [-0.39, 0.29) is 5.56 Å². The lowest BCUT2D eigenvalue weighted by atomic mass is 9.92. The van der Waals surface area contributed by atoms with Crippen LogP contribution in [0.3, 0.4) is 0 Å². The monoisotopic (exact) mass is 379 g/mol. The number of alkyl halides is 2. The number of hydrogen-bond acceptors (Lipinski definition) is 5. The summed E-state index contributed by atoms with van der Waals surface area (Å²) in [7, 11) is 0. The van der Waals surface area contributed by atoms with Gasteiger partial charge in [0.05, 0.1) is 6.34 Å². The molecular formula is C17H19F2N5O3. The van der Waals surface area contributed by atoms with Gasteiger partial charge in [-0.05, 0) is 31.2 Å². The largest absolute Gasteiger partial charge is 0.353 e. The number of carbonyl (C=O) groups excluding carboxylic acids is 2. The average Bonchev–Trinajstić information content (AvgIpc) is 2.65. The van der Waals surface area contributed by atoms with Gasteiger partial charge in [0.1, 0.15) is 11.6 Å². The summed E-state index contributed by atoms with van der Waals surface area (Å²) in [6.45, 7) is 0.886. The van der Waals surface area contributed by atoms with E-state index in [1.54, 1.807) is 0 Å². The Bertz CT molecular complexity index is 767. The molecule has 2 atom stereocenters. The van der Waals surface area contributed by atoms with Gasteiger partial charge in [0.2, 0.25) is 0 Å². The maximum Gasteiger partial charge on any atom is 0.268 e. The fourth-order valence-electron chi connectivity index (χ4n) is 1.88. The molecule has 0 aliphatic carbocycles. The lowest BCUT2D eigenvalue weighted by Gasteiger charge is -2.32. The summed E-state index contributed by atoms with van der Waals surface area (Å²) in [5, 5.41) is 20.1. The molecule has 8 nitrogen and oxygen atoms in total. The molecule has 0 aliphatic heterocycles. The fraction of sp³-hybridized carbons (Fsp3) is 0.235. The second-order valence-corrected chi connectivity index (χ2v) is 5.54. The first-order chi connectivity index (χ1) is 12.7. The molecule has 10 heteroatoms. The van der Waals surface area contributed by atoms with Crippen LogP contribution < -0.4 is 21.8 Å². The summed E-state index contributed by atoms with van der Waals surface area (Å²) in [6, 6.07) is 3.97. The van der Waals surface area contributed by atoms with E-state index in [4.69, 9.17) is 16.4 Å². The molecule has 0 aliphatic rings. The van der Waals surface area contributed by atoms with E-state index in [1.807, 2.05) is 0 Å². The summed E-state index contributed by atoms with van der Waals surface area (Å²) in [5.74, 6) is 3.39. The second kappa shape index (κ2) is 10.0. The summed E-state index contributed by atoms with van der Waals surface area (Å²) in [4.78, 5) is 23.9. The van der Waals surface area contributed by atoms with Crippen molar-refractivity contribution < 1.29 is 23.6 Å². The van der Waals surface area contributed by atoms with Gasteiger partial charge >= 0.3 is 0 Å². The van der Waals surface area contributed by atoms with Crippen molar-refractivity contribution in [1.29, 1.82) is 5.41 Å². The summed E-state index contributed by atoms with van der Waals surface area (Å²) >= 11 is 0. The normalized spacial score (nSPS) is 13.9. The number of rotatable bonds is 7. The van der Waals surface area contributed by atoms with Crippen LogP contribution in [0.1, 0.15) is 22.8 Å². The molecule has 0 saturated carbocycles. The predicted octanol–water partition coefficient (Wildman–Crippen LogP) is 0.335. The van der Waals surface area contributed by atoms with Crippen molar-refractivity contribution in [2.45, 2.75) is 24.9 Å². The molecule has 1 aromatic rings. The maximum atomic E-state index is 13.1. The number of allylic oxidation sites excluding steroid dienone is 1. The van der Waals surface area contributed by atoms with E-state index in [9.17, 15) is 18.4 Å². The van der Waals surface area contributed by atoms with Crippen LogP contribution >= 0.6 is 0 Å². The zero-order valence-corrected chi connectivity index (χ0v) is 14.3. The van der Waals surface area contributed by atoms with Crippen molar-refractivity contribution >= 4 is 18.2 Å². The van der Waals surface area contributed by atoms with E-state index in [0.717, 1.165) is 13.3 Å². The van der Waals surface area contributed by atoms with Crippen molar-refractivity contribution in [1.82, 2.24) is 16.1 Å². The molecule has 1 rings (SSSR count). The molecule has 0 fully saturated rings. The van der Waals surface area contributed by atoms with E-state index in [1.165, 1.54) is 42.0 Å². The van der Waals surface area contributed by atoms with E-state index >= 15 is 0 Å². The Labute approximate surface area is 154 Å². The number of benzene rings is 1. The molecule has 2 amide bonds. The maximum absolute atomic E-state index is 13.1. The van der Waals surface area contributed by atoms with Crippen molar-refractivity contribution in [2.75, 3.05) is 0 Å². The number of nitrogens with one attached hydrogen (secondary N) is 4. The Balaban J connectivity index is 2.91. The number of halogens is 2. The minimum Gasteiger partial charge on any atom is -0.353 e. The first kappa shape index (κ1) is 21.8. The van der Waals surface area contributed by atoms with Crippen LogP contribution in [0.5, 0.6) is 0 Å². The van der Waals surface area contributed by atoms with Gasteiger partial charge in [-0.1, -0.05) is 11.8 Å². The highest BCUT2D eigenvalue weighted by atomic mass is 19.3. The number of hydrogen-bond donors (Lipinski definition) is 6. The first-order valence-electron chi connectivity index (χ1n) is 7.57. The molecule has 7 N–H and O–H groups in total. The molecule has 1 unspecified atom stereocenters. The van der Waals surface area contributed by atoms with Gasteiger partial charge in [0, 0.05) is 23.4 Å². The molecule has 1 aromatic carbocycles. The molecule has 27 heavy (non-hydrogen) atoms. The topological polar surface area (TPSA) is 140 Å². The Kier molecular flexibility index (Phi) is 8.06. The number of nitrogens with two attached hydrogens (primary N) is 1. The standard InChI is InChI=1S/C17H19F2N5O3/c1-17(21,16(18)19)13(15(26)24-27)23-14(25)12-7-5-11(6-8-12)4-2-3-9-22-10-20/h3,5-10,13,16,27H,21H2,1H3,(H2,20,22)(H,23,25)(H,24,26)/b9-3+/t13-,17?/m1/s1. The predicted molar refractivity (Wildman–Crippen MR) is 94.2 cm³/mol. The third kappa shape index (κ3) is 6.18. The molecule has 0 heterocycles. The molecule has 0 bridgehead atoms. The summed E-state index contributed by atoms with van der Waals surface area (Å²) in [5.41, 5.74) is 4.92. The van der Waals surface area contributed by atoms with Crippen molar-refractivity contribution in [3.8, 4) is 11.8 Å². The van der Waals surface area contributed by atoms with Gasteiger partial charge < -0.3 is 16.4 Å². The molecule has 0 radical (unpaired) electrons. The molecular weight excluding hydrogens is 360 g/mol. The molecule has 0 saturated heterocycles. The quantitative estimate of drug-likeness (QED) is 0.133. The minimum atomic E-state index is -3.13. The van der Waals surface area contributed by atoms with E-state index in [2.05, 4.69) is 22.5 Å². The third-order valence-electron chi connectivity index (χ3n) is 3.45. The second-order valence-electron chi connectivity index (χ2n) is 5.54. The zero-order valence-electron chi connectivity index (χ0n) is 14.3. The Morgan fingerprint density at radius 2 is 1.96 bits per heavy atom. The highest BCUT2D eigenvalue weighted by Crippen LogP contribution is 2.18. The highest BCUT2D eigenvalue weighted by Gasteiger charge is 2.44. The van der Waals surface area contributed by atoms with Gasteiger partial charge in [-0.2, -0.15) is 0 Å². The Morgan fingerprint density at radius 3 is 2.48 bits per heavy atom. The number of amides is 2. The number of carbonyl (C=O) groups is 2. The van der Waals surface area contributed by atoms with Crippen LogP contribution in [0.15, 0.2) is 36.5 Å². The van der Waals surface area contributed by atoms with Crippen LogP contribution in [0.2, 0.25) is 0 Å². The summed E-state index contributed by atoms with van der Waals surface area (Å²) < 4.78 is 26.2. The lowest BCUT2D eigenvalue weighted by molar-refractivity contribution is -0.134. The van der Waals surface area contributed by atoms with Crippen LogP contribution in [0.4, 0.5) is 8.78 Å². The van der Waals surface area contributed by atoms with Crippen LogP contribution in [0.25, 0.3) is 0 Å². The van der Waals surface area contributed by atoms with Gasteiger partial charge in [-0.3, -0.25) is 20.2 Å². The first-order valence-corrected chi connectivity index (χ1v) is 7.57. The molecule has 144 valence electrons. The van der Waals surface area contributed by atoms with Gasteiger partial charge in [0.15, 0.2) is 0 Å². The van der Waals surface area contributed by atoms with Crippen molar-refractivity contribution in [3.05, 3.63) is 47.7 Å². The fourth-order valence-corrected chi connectivity index (χ4v) is 1.88. The number of hydroxylamine groups is 1. The minimum absolute atomic E-state index is 0.0855. The lowest BCUT2D eigenvalue weighted by Crippen LogP contribution is -2.66. The molecule has 0 aromatic heterocycles. The summed E-state index contributed by atoms with van der Waals surface area (Å²) in [6.07, 6.45) is 0.793. The van der Waals surface area contributed by atoms with E-state index in [0.29, 0.717) is 5.56 Å². The molecule has 0 spiro atoms. The van der Waals surface area contributed by atoms with Crippen molar-refractivity contribution in [2.24, 2.45) is 5.73 Å². The third-order valence-corrected chi connectivity index (χ3v) is 3.45. The zero-order chi connectivity index (χ0) is 20.4. The Hall–Kier alpha value is -3.29. The van der Waals surface area contributed by atoms with E-state index < -0.39 is 29.8 Å². The SMILES string of the molecule is CC(N)(C(F)F)[C@H](NC(=O)c1ccc(C#C/C=C/NC=N)cc1)C(=O)NO. The van der Waals surface area contributed by atoms with Crippen molar-refractivity contribution in [3.63, 3.8) is 0 Å². The van der Waals surface area contributed by atoms with Gasteiger partial charge in [-0.25, -0.2) is 14.3 Å². The average molecular weight is 379 g/mol. The van der Waals surface area contributed by atoms with Gasteiger partial charge in [0.25, 0.3) is 18.2 Å². The van der Waals surface area contributed by atoms with Gasteiger partial charge in [-0.15, -0.1) is 0 Å². The Morgan fingerprint density at radius 1 is 1.33 bits per heavy atom. The van der Waals surface area contributed by atoms with Crippen LogP contribution in [-0.2, 0) is 4.79 Å².